The summed E-state index contributed by atoms with van der Waals surface area (Å²) in [5.74, 6) is 0.560. The van der Waals surface area contributed by atoms with Crippen molar-refractivity contribution in [2.24, 2.45) is 0 Å². The van der Waals surface area contributed by atoms with E-state index < -0.39 is 5.60 Å². The van der Waals surface area contributed by atoms with Gasteiger partial charge < -0.3 is 20.5 Å². The number of amides is 1. The second-order valence-electron chi connectivity index (χ2n) is 5.08. The van der Waals surface area contributed by atoms with Gasteiger partial charge in [0.15, 0.2) is 6.61 Å². The maximum absolute atomic E-state index is 11.2. The van der Waals surface area contributed by atoms with E-state index in [1.807, 2.05) is 18.2 Å². The van der Waals surface area contributed by atoms with Crippen LogP contribution in [0.2, 0.25) is 0 Å². The fourth-order valence-electron chi connectivity index (χ4n) is 1.75. The van der Waals surface area contributed by atoms with Crippen LogP contribution in [0.1, 0.15) is 19.4 Å². The van der Waals surface area contributed by atoms with E-state index in [0.717, 1.165) is 5.56 Å². The average molecular weight is 250 g/mol. The lowest BCUT2D eigenvalue weighted by Gasteiger charge is -2.20. The number of aliphatic hydroxyl groups is 1. The molecular formula is C13H18N2O3. The van der Waals surface area contributed by atoms with Gasteiger partial charge in [0.2, 0.25) is 0 Å². The number of nitrogens with one attached hydrogen (secondary N) is 2. The highest BCUT2D eigenvalue weighted by molar-refractivity contribution is 5.95. The number of anilines is 1. The molecule has 1 aromatic rings. The summed E-state index contributed by atoms with van der Waals surface area (Å²) in [5, 5.41) is 15.5. The highest BCUT2D eigenvalue weighted by atomic mass is 16.5. The van der Waals surface area contributed by atoms with Crippen molar-refractivity contribution in [3.8, 4) is 5.75 Å². The molecule has 0 radical (unpaired) electrons. The minimum absolute atomic E-state index is 0.0727. The van der Waals surface area contributed by atoms with Crippen LogP contribution in [0, 0.1) is 0 Å². The van der Waals surface area contributed by atoms with Crippen LogP contribution in [0.25, 0.3) is 0 Å². The Morgan fingerprint density at radius 2 is 2.28 bits per heavy atom. The third kappa shape index (κ3) is 3.45. The molecule has 1 aliphatic heterocycles. The summed E-state index contributed by atoms with van der Waals surface area (Å²) >= 11 is 0. The largest absolute Gasteiger partial charge is 0.482 e. The van der Waals surface area contributed by atoms with Crippen LogP contribution in [0.5, 0.6) is 5.75 Å². The van der Waals surface area contributed by atoms with E-state index in [4.69, 9.17) is 4.74 Å². The maximum atomic E-state index is 11.2. The molecule has 0 unspecified atom stereocenters. The minimum atomic E-state index is -0.731. The van der Waals surface area contributed by atoms with Crippen LogP contribution in [-0.2, 0) is 11.3 Å². The van der Waals surface area contributed by atoms with Crippen LogP contribution in [0.3, 0.4) is 0 Å². The lowest BCUT2D eigenvalue weighted by atomic mass is 10.1. The van der Waals surface area contributed by atoms with E-state index >= 15 is 0 Å². The topological polar surface area (TPSA) is 70.6 Å². The van der Waals surface area contributed by atoms with E-state index in [1.165, 1.54) is 0 Å². The number of carbonyl (C=O) groups is 1. The normalized spacial score (nSPS) is 14.7. The van der Waals surface area contributed by atoms with Crippen molar-refractivity contribution >= 4 is 11.6 Å². The summed E-state index contributed by atoms with van der Waals surface area (Å²) in [5.41, 5.74) is 1.00. The van der Waals surface area contributed by atoms with Gasteiger partial charge in [-0.3, -0.25) is 4.79 Å². The molecule has 5 heteroatoms. The summed E-state index contributed by atoms with van der Waals surface area (Å²) in [6, 6.07) is 5.66. The van der Waals surface area contributed by atoms with Crippen LogP contribution in [0.4, 0.5) is 5.69 Å². The van der Waals surface area contributed by atoms with Gasteiger partial charge in [-0.1, -0.05) is 6.07 Å². The third-order valence-electron chi connectivity index (χ3n) is 2.56. The number of ether oxygens (including phenoxy) is 1. The molecule has 0 saturated carbocycles. The fraction of sp³-hybridized carbons (Fsp3) is 0.462. The molecule has 0 aromatic heterocycles. The molecule has 0 atom stereocenters. The molecule has 98 valence electrons. The van der Waals surface area contributed by atoms with Crippen molar-refractivity contribution in [2.45, 2.75) is 26.0 Å². The Hall–Kier alpha value is -1.59. The van der Waals surface area contributed by atoms with Gasteiger partial charge in [0.1, 0.15) is 5.75 Å². The number of rotatable bonds is 4. The fourth-order valence-corrected chi connectivity index (χ4v) is 1.75. The second kappa shape index (κ2) is 4.96. The van der Waals surface area contributed by atoms with Gasteiger partial charge in [-0.05, 0) is 31.5 Å². The van der Waals surface area contributed by atoms with Gasteiger partial charge in [-0.15, -0.1) is 0 Å². The van der Waals surface area contributed by atoms with Crippen molar-refractivity contribution in [3.63, 3.8) is 0 Å². The van der Waals surface area contributed by atoms with E-state index in [1.54, 1.807) is 13.8 Å². The third-order valence-corrected chi connectivity index (χ3v) is 2.56. The number of carbonyl (C=O) groups excluding carboxylic acids is 1. The van der Waals surface area contributed by atoms with Gasteiger partial charge >= 0.3 is 0 Å². The molecule has 0 spiro atoms. The first-order valence-corrected chi connectivity index (χ1v) is 5.93. The van der Waals surface area contributed by atoms with Crippen LogP contribution < -0.4 is 15.4 Å². The molecule has 3 N–H and O–H groups in total. The zero-order valence-corrected chi connectivity index (χ0v) is 10.6. The summed E-state index contributed by atoms with van der Waals surface area (Å²) in [7, 11) is 0. The van der Waals surface area contributed by atoms with Crippen LogP contribution in [-0.4, -0.2) is 29.8 Å². The predicted molar refractivity (Wildman–Crippen MR) is 68.6 cm³/mol. The first-order valence-electron chi connectivity index (χ1n) is 5.93. The van der Waals surface area contributed by atoms with E-state index in [9.17, 15) is 9.90 Å². The van der Waals surface area contributed by atoms with E-state index in [2.05, 4.69) is 10.6 Å². The second-order valence-corrected chi connectivity index (χ2v) is 5.08. The Bertz CT molecular complexity index is 452. The molecule has 1 heterocycles. The van der Waals surface area contributed by atoms with Crippen molar-refractivity contribution in [1.82, 2.24) is 5.32 Å². The number of hydrogen-bond donors (Lipinski definition) is 3. The zero-order chi connectivity index (χ0) is 13.2. The van der Waals surface area contributed by atoms with Crippen molar-refractivity contribution in [3.05, 3.63) is 23.8 Å². The minimum Gasteiger partial charge on any atom is -0.482 e. The molecule has 1 amide bonds. The van der Waals surface area contributed by atoms with E-state index in [-0.39, 0.29) is 12.5 Å². The highest BCUT2D eigenvalue weighted by Gasteiger charge is 2.16. The molecule has 0 fully saturated rings. The quantitative estimate of drug-likeness (QED) is 0.742. The first-order chi connectivity index (χ1) is 8.44. The Labute approximate surface area is 106 Å². The summed E-state index contributed by atoms with van der Waals surface area (Å²) < 4.78 is 5.28. The van der Waals surface area contributed by atoms with Crippen molar-refractivity contribution < 1.29 is 14.6 Å². The summed E-state index contributed by atoms with van der Waals surface area (Å²) in [6.07, 6.45) is 0. The average Bonchev–Trinajstić information content (AvgIpc) is 2.26. The van der Waals surface area contributed by atoms with Gasteiger partial charge in [0.05, 0.1) is 11.3 Å². The molecule has 2 rings (SSSR count). The lowest BCUT2D eigenvalue weighted by molar-refractivity contribution is -0.118. The Morgan fingerprint density at radius 1 is 1.50 bits per heavy atom. The van der Waals surface area contributed by atoms with Gasteiger partial charge in [0, 0.05) is 13.1 Å². The maximum Gasteiger partial charge on any atom is 0.262 e. The van der Waals surface area contributed by atoms with E-state index in [0.29, 0.717) is 24.5 Å². The van der Waals surface area contributed by atoms with Gasteiger partial charge in [0.25, 0.3) is 5.91 Å². The van der Waals surface area contributed by atoms with Gasteiger partial charge in [-0.2, -0.15) is 0 Å². The summed E-state index contributed by atoms with van der Waals surface area (Å²) in [6.45, 7) is 4.71. The SMILES string of the molecule is CC(C)(O)CNCc1ccc2c(c1)NC(=O)CO2. The molecule has 18 heavy (non-hydrogen) atoms. The molecule has 0 saturated heterocycles. The monoisotopic (exact) mass is 250 g/mol. The molecule has 1 aliphatic rings. The standard InChI is InChI=1S/C13H18N2O3/c1-13(2,17)8-14-6-9-3-4-11-10(5-9)15-12(16)7-18-11/h3-5,14,17H,6-8H2,1-2H3,(H,15,16). The lowest BCUT2D eigenvalue weighted by Crippen LogP contribution is -2.34. The van der Waals surface area contributed by atoms with Crippen LogP contribution in [0.15, 0.2) is 18.2 Å². The molecule has 0 aliphatic carbocycles. The smallest absolute Gasteiger partial charge is 0.262 e. The highest BCUT2D eigenvalue weighted by Crippen LogP contribution is 2.28. The Kier molecular flexibility index (Phi) is 3.54. The number of benzene rings is 1. The first kappa shape index (κ1) is 12.9. The summed E-state index contributed by atoms with van der Waals surface area (Å²) in [4.78, 5) is 11.2. The zero-order valence-electron chi connectivity index (χ0n) is 10.6. The Morgan fingerprint density at radius 3 is 3.00 bits per heavy atom. The van der Waals surface area contributed by atoms with Crippen molar-refractivity contribution in [1.29, 1.82) is 0 Å². The number of fused-ring (bicyclic) bond motifs is 1. The number of hydrogen-bond acceptors (Lipinski definition) is 4. The van der Waals surface area contributed by atoms with Gasteiger partial charge in [-0.25, -0.2) is 0 Å². The molecule has 1 aromatic carbocycles. The predicted octanol–water partition coefficient (Wildman–Crippen LogP) is 0.878. The molecular weight excluding hydrogens is 232 g/mol. The molecule has 0 bridgehead atoms. The van der Waals surface area contributed by atoms with Crippen LogP contribution >= 0.6 is 0 Å². The Balaban J connectivity index is 1.98. The van der Waals surface area contributed by atoms with Crippen molar-refractivity contribution in [2.75, 3.05) is 18.5 Å². The molecule has 5 nitrogen and oxygen atoms in total.